The number of methoxy groups -OCH3 is 2. The highest BCUT2D eigenvalue weighted by molar-refractivity contribution is 9.10. The molecule has 112 valence electrons. The number of aliphatic hydroxyl groups excluding tert-OH is 1. The van der Waals surface area contributed by atoms with Gasteiger partial charge in [0.1, 0.15) is 11.9 Å². The van der Waals surface area contributed by atoms with Gasteiger partial charge in [-0.25, -0.2) is 4.39 Å². The number of hydrogen-bond donors (Lipinski definition) is 1. The average molecular weight is 376 g/mol. The summed E-state index contributed by atoms with van der Waals surface area (Å²) in [5, 5.41) is 10.7. The number of halogens is 3. The monoisotopic (exact) mass is 374 g/mol. The number of benzene rings is 2. The maximum atomic E-state index is 13.9. The van der Waals surface area contributed by atoms with Crippen molar-refractivity contribution >= 4 is 27.5 Å². The molecule has 0 aliphatic heterocycles. The van der Waals surface area contributed by atoms with Crippen LogP contribution in [0.25, 0.3) is 0 Å². The highest BCUT2D eigenvalue weighted by Gasteiger charge is 2.20. The summed E-state index contributed by atoms with van der Waals surface area (Å²) in [5.41, 5.74) is 0.598. The number of rotatable bonds is 4. The Morgan fingerprint density at radius 2 is 1.71 bits per heavy atom. The van der Waals surface area contributed by atoms with E-state index >= 15 is 0 Å². The predicted octanol–water partition coefficient (Wildman–Crippen LogP) is 4.34. The first-order valence-electron chi connectivity index (χ1n) is 6.02. The third-order valence-corrected chi connectivity index (χ3v) is 3.98. The summed E-state index contributed by atoms with van der Waals surface area (Å²) in [6, 6.07) is 7.39. The quantitative estimate of drug-likeness (QED) is 0.864. The second kappa shape index (κ2) is 6.64. The molecular formula is C15H13BrClFO3. The zero-order valence-electron chi connectivity index (χ0n) is 11.4. The zero-order chi connectivity index (χ0) is 15.6. The topological polar surface area (TPSA) is 38.7 Å². The molecule has 3 nitrogen and oxygen atoms in total. The van der Waals surface area contributed by atoms with E-state index in [0.29, 0.717) is 21.5 Å². The highest BCUT2D eigenvalue weighted by atomic mass is 79.9. The molecule has 0 aliphatic carbocycles. The molecule has 0 aromatic heterocycles. The Morgan fingerprint density at radius 1 is 1.10 bits per heavy atom. The van der Waals surface area contributed by atoms with Gasteiger partial charge in [0.2, 0.25) is 0 Å². The Morgan fingerprint density at radius 3 is 2.29 bits per heavy atom. The first-order chi connectivity index (χ1) is 9.97. The van der Waals surface area contributed by atoms with Gasteiger partial charge in [-0.2, -0.15) is 0 Å². The summed E-state index contributed by atoms with van der Waals surface area (Å²) in [4.78, 5) is 0. The minimum Gasteiger partial charge on any atom is -0.493 e. The molecule has 0 saturated heterocycles. The summed E-state index contributed by atoms with van der Waals surface area (Å²) in [6.45, 7) is 0. The number of hydrogen-bond acceptors (Lipinski definition) is 3. The zero-order valence-corrected chi connectivity index (χ0v) is 13.7. The van der Waals surface area contributed by atoms with Gasteiger partial charge in [-0.3, -0.25) is 0 Å². The molecule has 0 amide bonds. The lowest BCUT2D eigenvalue weighted by Gasteiger charge is -2.17. The minimum atomic E-state index is -1.16. The molecule has 2 rings (SSSR count). The standard InChI is InChI=1S/C15H13BrClFO3/c1-20-13-6-10(11(16)7-14(13)21-2)15(19)9-4-3-8(17)5-12(9)18/h3-7,15,19H,1-2H3. The minimum absolute atomic E-state index is 0.132. The van der Waals surface area contributed by atoms with Crippen LogP contribution in [0, 0.1) is 5.82 Å². The summed E-state index contributed by atoms with van der Waals surface area (Å²) < 4.78 is 24.9. The van der Waals surface area contributed by atoms with Crippen LogP contribution in [-0.4, -0.2) is 19.3 Å². The van der Waals surface area contributed by atoms with E-state index in [1.807, 2.05) is 0 Å². The van der Waals surface area contributed by atoms with Gasteiger partial charge < -0.3 is 14.6 Å². The van der Waals surface area contributed by atoms with Crippen LogP contribution in [-0.2, 0) is 0 Å². The van der Waals surface area contributed by atoms with Gasteiger partial charge in [0.15, 0.2) is 11.5 Å². The number of aliphatic hydroxyl groups is 1. The van der Waals surface area contributed by atoms with E-state index in [2.05, 4.69) is 15.9 Å². The number of ether oxygens (including phenoxy) is 2. The molecule has 1 atom stereocenters. The highest BCUT2D eigenvalue weighted by Crippen LogP contribution is 2.38. The lowest BCUT2D eigenvalue weighted by molar-refractivity contribution is 0.213. The van der Waals surface area contributed by atoms with Gasteiger partial charge in [-0.15, -0.1) is 0 Å². The molecule has 0 aliphatic rings. The van der Waals surface area contributed by atoms with Crippen LogP contribution < -0.4 is 9.47 Å². The Balaban J connectivity index is 2.50. The van der Waals surface area contributed by atoms with E-state index in [9.17, 15) is 9.50 Å². The Bertz CT molecular complexity index is 664. The molecule has 6 heteroatoms. The normalized spacial score (nSPS) is 12.1. The molecule has 1 N–H and O–H groups in total. The summed E-state index contributed by atoms with van der Waals surface area (Å²) in [5.74, 6) is 0.387. The molecule has 0 spiro atoms. The van der Waals surface area contributed by atoms with Crippen LogP contribution in [0.3, 0.4) is 0 Å². The lowest BCUT2D eigenvalue weighted by atomic mass is 10.0. The van der Waals surface area contributed by atoms with Crippen molar-refractivity contribution in [2.24, 2.45) is 0 Å². The van der Waals surface area contributed by atoms with E-state index in [0.717, 1.165) is 6.07 Å². The summed E-state index contributed by atoms with van der Waals surface area (Å²) in [7, 11) is 3.00. The van der Waals surface area contributed by atoms with Crippen LogP contribution in [0.1, 0.15) is 17.2 Å². The SMILES string of the molecule is COc1cc(Br)c(C(O)c2ccc(Cl)cc2F)cc1OC. The van der Waals surface area contributed by atoms with Crippen LogP contribution in [0.4, 0.5) is 4.39 Å². The van der Waals surface area contributed by atoms with E-state index in [4.69, 9.17) is 21.1 Å². The lowest BCUT2D eigenvalue weighted by Crippen LogP contribution is -2.04. The van der Waals surface area contributed by atoms with Gasteiger partial charge in [0, 0.05) is 20.6 Å². The van der Waals surface area contributed by atoms with Gasteiger partial charge in [-0.1, -0.05) is 33.6 Å². The summed E-state index contributed by atoms with van der Waals surface area (Å²) >= 11 is 9.06. The van der Waals surface area contributed by atoms with Gasteiger partial charge in [0.25, 0.3) is 0 Å². The largest absolute Gasteiger partial charge is 0.493 e. The second-order valence-corrected chi connectivity index (χ2v) is 5.59. The first-order valence-corrected chi connectivity index (χ1v) is 7.19. The van der Waals surface area contributed by atoms with Crippen molar-refractivity contribution in [2.45, 2.75) is 6.10 Å². The molecule has 0 bridgehead atoms. The van der Waals surface area contributed by atoms with Crippen LogP contribution in [0.5, 0.6) is 11.5 Å². The molecule has 2 aromatic rings. The van der Waals surface area contributed by atoms with Gasteiger partial charge in [-0.05, 0) is 24.3 Å². The average Bonchev–Trinajstić information content (AvgIpc) is 2.46. The third kappa shape index (κ3) is 3.31. The fraction of sp³-hybridized carbons (Fsp3) is 0.200. The van der Waals surface area contributed by atoms with E-state index in [1.54, 1.807) is 12.1 Å². The predicted molar refractivity (Wildman–Crippen MR) is 82.7 cm³/mol. The van der Waals surface area contributed by atoms with E-state index < -0.39 is 11.9 Å². The van der Waals surface area contributed by atoms with Crippen molar-refractivity contribution in [2.75, 3.05) is 14.2 Å². The fourth-order valence-corrected chi connectivity index (χ4v) is 2.67. The third-order valence-electron chi connectivity index (χ3n) is 3.05. The fourth-order valence-electron chi connectivity index (χ4n) is 1.97. The van der Waals surface area contributed by atoms with Crippen molar-refractivity contribution in [3.8, 4) is 11.5 Å². The second-order valence-electron chi connectivity index (χ2n) is 4.30. The molecule has 0 radical (unpaired) electrons. The molecular weight excluding hydrogens is 363 g/mol. The van der Waals surface area contributed by atoms with Crippen LogP contribution in [0.2, 0.25) is 5.02 Å². The van der Waals surface area contributed by atoms with E-state index in [-0.39, 0.29) is 10.6 Å². The molecule has 0 saturated carbocycles. The Labute approximate surface area is 135 Å². The smallest absolute Gasteiger partial charge is 0.161 e. The van der Waals surface area contributed by atoms with Crippen molar-refractivity contribution in [1.82, 2.24) is 0 Å². The molecule has 0 heterocycles. The van der Waals surface area contributed by atoms with E-state index in [1.165, 1.54) is 26.4 Å². The molecule has 21 heavy (non-hydrogen) atoms. The molecule has 0 fully saturated rings. The maximum absolute atomic E-state index is 13.9. The molecule has 2 aromatic carbocycles. The Kier molecular flexibility index (Phi) is 5.08. The van der Waals surface area contributed by atoms with Crippen molar-refractivity contribution in [1.29, 1.82) is 0 Å². The summed E-state index contributed by atoms with van der Waals surface area (Å²) in [6.07, 6.45) is -1.16. The van der Waals surface area contributed by atoms with Crippen LogP contribution >= 0.6 is 27.5 Å². The van der Waals surface area contributed by atoms with Crippen molar-refractivity contribution in [3.05, 3.63) is 56.8 Å². The Hall–Kier alpha value is -1.30. The van der Waals surface area contributed by atoms with Crippen molar-refractivity contribution < 1.29 is 19.0 Å². The van der Waals surface area contributed by atoms with Gasteiger partial charge >= 0.3 is 0 Å². The maximum Gasteiger partial charge on any atom is 0.161 e. The van der Waals surface area contributed by atoms with Crippen LogP contribution in [0.15, 0.2) is 34.8 Å². The first kappa shape index (κ1) is 16.1. The van der Waals surface area contributed by atoms with Crippen molar-refractivity contribution in [3.63, 3.8) is 0 Å². The molecule has 1 unspecified atom stereocenters. The van der Waals surface area contributed by atoms with Gasteiger partial charge in [0.05, 0.1) is 14.2 Å².